The molecule has 1 fully saturated rings. The number of halogens is 1. The van der Waals surface area contributed by atoms with Crippen molar-refractivity contribution in [3.8, 4) is 0 Å². The molecule has 0 bridgehead atoms. The first-order chi connectivity index (χ1) is 8.18. The van der Waals surface area contributed by atoms with E-state index in [9.17, 15) is 4.79 Å². The fourth-order valence-electron chi connectivity index (χ4n) is 1.69. The van der Waals surface area contributed by atoms with Crippen LogP contribution in [0.5, 0.6) is 0 Å². The van der Waals surface area contributed by atoms with Crippen LogP contribution in [-0.2, 0) is 9.53 Å². The van der Waals surface area contributed by atoms with E-state index in [0.717, 1.165) is 17.8 Å². The summed E-state index contributed by atoms with van der Waals surface area (Å²) in [5.74, 6) is -0.137. The van der Waals surface area contributed by atoms with Crippen LogP contribution in [0.15, 0.2) is 18.2 Å². The van der Waals surface area contributed by atoms with Crippen molar-refractivity contribution < 1.29 is 9.53 Å². The maximum absolute atomic E-state index is 11.9. The summed E-state index contributed by atoms with van der Waals surface area (Å²) in [5, 5.41) is 6.59. The van der Waals surface area contributed by atoms with Crippen LogP contribution in [0.2, 0.25) is 5.02 Å². The first-order valence-electron chi connectivity index (χ1n) is 5.57. The van der Waals surface area contributed by atoms with Crippen LogP contribution in [0, 0.1) is 6.92 Å². The number of amides is 1. The van der Waals surface area contributed by atoms with E-state index in [1.807, 2.05) is 19.1 Å². The Balaban J connectivity index is 2.04. The summed E-state index contributed by atoms with van der Waals surface area (Å²) < 4.78 is 5.37. The molecular formula is C12H15ClN2O2. The van der Waals surface area contributed by atoms with Crippen LogP contribution in [0.25, 0.3) is 0 Å². The molecular weight excluding hydrogens is 240 g/mol. The average Bonchev–Trinajstić information content (AvgIpc) is 2.36. The zero-order chi connectivity index (χ0) is 12.3. The van der Waals surface area contributed by atoms with Crippen LogP contribution in [0.1, 0.15) is 5.56 Å². The molecule has 1 unspecified atom stereocenters. The second-order valence-electron chi connectivity index (χ2n) is 3.97. The van der Waals surface area contributed by atoms with Gasteiger partial charge >= 0.3 is 0 Å². The summed E-state index contributed by atoms with van der Waals surface area (Å²) in [7, 11) is 0. The molecule has 1 heterocycles. The van der Waals surface area contributed by atoms with Gasteiger partial charge in [-0.2, -0.15) is 0 Å². The molecule has 92 valence electrons. The summed E-state index contributed by atoms with van der Waals surface area (Å²) in [5.41, 5.74) is 1.60. The van der Waals surface area contributed by atoms with Gasteiger partial charge in [-0.15, -0.1) is 0 Å². The predicted octanol–water partition coefficient (Wildman–Crippen LogP) is 1.58. The molecule has 0 saturated carbocycles. The topological polar surface area (TPSA) is 50.4 Å². The standard InChI is InChI=1S/C12H15ClN2O2/c1-8-9(13)3-2-4-10(8)15-12(16)11-7-14-5-6-17-11/h2-4,11,14H,5-7H2,1H3,(H,15,16). The molecule has 0 aromatic heterocycles. The molecule has 2 N–H and O–H groups in total. The summed E-state index contributed by atoms with van der Waals surface area (Å²) in [6, 6.07) is 5.44. The van der Waals surface area contributed by atoms with Crippen LogP contribution < -0.4 is 10.6 Å². The summed E-state index contributed by atoms with van der Waals surface area (Å²) in [6.45, 7) is 3.77. The maximum atomic E-state index is 11.9. The fraction of sp³-hybridized carbons (Fsp3) is 0.417. The van der Waals surface area contributed by atoms with Crippen LogP contribution in [-0.4, -0.2) is 31.7 Å². The number of ether oxygens (including phenoxy) is 1. The predicted molar refractivity (Wildman–Crippen MR) is 67.4 cm³/mol. The highest BCUT2D eigenvalue weighted by molar-refractivity contribution is 6.31. The molecule has 0 aliphatic carbocycles. The smallest absolute Gasteiger partial charge is 0.254 e. The molecule has 1 aromatic rings. The lowest BCUT2D eigenvalue weighted by Gasteiger charge is -2.23. The van der Waals surface area contributed by atoms with Gasteiger partial charge in [0.25, 0.3) is 5.91 Å². The van der Waals surface area contributed by atoms with E-state index >= 15 is 0 Å². The Kier molecular flexibility index (Phi) is 3.99. The average molecular weight is 255 g/mol. The second kappa shape index (κ2) is 5.49. The molecule has 1 aromatic carbocycles. The third kappa shape index (κ3) is 2.97. The van der Waals surface area contributed by atoms with Crippen molar-refractivity contribution in [1.29, 1.82) is 0 Å². The summed E-state index contributed by atoms with van der Waals surface area (Å²) in [4.78, 5) is 11.9. The minimum Gasteiger partial charge on any atom is -0.366 e. The van der Waals surface area contributed by atoms with E-state index in [0.29, 0.717) is 18.2 Å². The highest BCUT2D eigenvalue weighted by atomic mass is 35.5. The molecule has 0 spiro atoms. The van der Waals surface area contributed by atoms with E-state index in [2.05, 4.69) is 10.6 Å². The first-order valence-corrected chi connectivity index (χ1v) is 5.94. The van der Waals surface area contributed by atoms with Gasteiger partial charge in [0.2, 0.25) is 0 Å². The first kappa shape index (κ1) is 12.4. The minimum absolute atomic E-state index is 0.137. The van der Waals surface area contributed by atoms with Crippen molar-refractivity contribution in [2.24, 2.45) is 0 Å². The number of nitrogens with one attached hydrogen (secondary N) is 2. The van der Waals surface area contributed by atoms with Crippen molar-refractivity contribution >= 4 is 23.2 Å². The van der Waals surface area contributed by atoms with E-state index < -0.39 is 6.10 Å². The Bertz CT molecular complexity index is 417. The molecule has 1 saturated heterocycles. The van der Waals surface area contributed by atoms with Gasteiger partial charge in [-0.25, -0.2) is 0 Å². The summed E-state index contributed by atoms with van der Waals surface area (Å²) in [6.07, 6.45) is -0.429. The molecule has 1 aliphatic rings. The van der Waals surface area contributed by atoms with Gasteiger partial charge in [-0.3, -0.25) is 4.79 Å². The van der Waals surface area contributed by atoms with Crippen molar-refractivity contribution in [2.45, 2.75) is 13.0 Å². The Hall–Kier alpha value is -1.10. The number of morpholine rings is 1. The minimum atomic E-state index is -0.429. The lowest BCUT2D eigenvalue weighted by molar-refractivity contribution is -0.128. The van der Waals surface area contributed by atoms with Gasteiger partial charge in [-0.05, 0) is 24.6 Å². The van der Waals surface area contributed by atoms with E-state index in [1.54, 1.807) is 6.07 Å². The molecule has 4 nitrogen and oxygen atoms in total. The van der Waals surface area contributed by atoms with Crippen molar-refractivity contribution in [1.82, 2.24) is 5.32 Å². The summed E-state index contributed by atoms with van der Waals surface area (Å²) >= 11 is 5.99. The van der Waals surface area contributed by atoms with E-state index in [-0.39, 0.29) is 5.91 Å². The Labute approximate surface area is 105 Å². The van der Waals surface area contributed by atoms with Crippen LogP contribution >= 0.6 is 11.6 Å². The number of benzene rings is 1. The normalized spacial score (nSPS) is 20.0. The third-order valence-electron chi connectivity index (χ3n) is 2.75. The molecule has 17 heavy (non-hydrogen) atoms. The monoisotopic (exact) mass is 254 g/mol. The second-order valence-corrected chi connectivity index (χ2v) is 4.37. The van der Waals surface area contributed by atoms with Crippen LogP contribution in [0.4, 0.5) is 5.69 Å². The number of hydrogen-bond donors (Lipinski definition) is 2. The Morgan fingerprint density at radius 3 is 3.12 bits per heavy atom. The number of carbonyl (C=O) groups excluding carboxylic acids is 1. The molecule has 1 atom stereocenters. The highest BCUT2D eigenvalue weighted by Gasteiger charge is 2.22. The third-order valence-corrected chi connectivity index (χ3v) is 3.16. The lowest BCUT2D eigenvalue weighted by Crippen LogP contribution is -2.45. The quantitative estimate of drug-likeness (QED) is 0.843. The number of carbonyl (C=O) groups is 1. The molecule has 2 rings (SSSR count). The largest absolute Gasteiger partial charge is 0.366 e. The number of anilines is 1. The van der Waals surface area contributed by atoms with Gasteiger partial charge in [0, 0.05) is 23.8 Å². The molecule has 1 aliphatic heterocycles. The van der Waals surface area contributed by atoms with Crippen molar-refractivity contribution in [3.05, 3.63) is 28.8 Å². The molecule has 1 amide bonds. The fourth-order valence-corrected chi connectivity index (χ4v) is 1.86. The van der Waals surface area contributed by atoms with E-state index in [1.165, 1.54) is 0 Å². The highest BCUT2D eigenvalue weighted by Crippen LogP contribution is 2.23. The van der Waals surface area contributed by atoms with Gasteiger partial charge in [-0.1, -0.05) is 17.7 Å². The zero-order valence-electron chi connectivity index (χ0n) is 9.63. The zero-order valence-corrected chi connectivity index (χ0v) is 10.4. The SMILES string of the molecule is Cc1c(Cl)cccc1NC(=O)C1CNCCO1. The van der Waals surface area contributed by atoms with Crippen LogP contribution in [0.3, 0.4) is 0 Å². The lowest BCUT2D eigenvalue weighted by atomic mass is 10.2. The van der Waals surface area contributed by atoms with Gasteiger partial charge in [0.15, 0.2) is 0 Å². The number of rotatable bonds is 2. The van der Waals surface area contributed by atoms with Crippen molar-refractivity contribution in [2.75, 3.05) is 25.0 Å². The van der Waals surface area contributed by atoms with Gasteiger partial charge < -0.3 is 15.4 Å². The van der Waals surface area contributed by atoms with Crippen molar-refractivity contribution in [3.63, 3.8) is 0 Å². The molecule has 5 heteroatoms. The number of hydrogen-bond acceptors (Lipinski definition) is 3. The Morgan fingerprint density at radius 1 is 1.59 bits per heavy atom. The maximum Gasteiger partial charge on any atom is 0.254 e. The van der Waals surface area contributed by atoms with Gasteiger partial charge in [0.1, 0.15) is 6.10 Å². The van der Waals surface area contributed by atoms with E-state index in [4.69, 9.17) is 16.3 Å². The Morgan fingerprint density at radius 2 is 2.41 bits per heavy atom. The molecule has 0 radical (unpaired) electrons. The van der Waals surface area contributed by atoms with Gasteiger partial charge in [0.05, 0.1) is 6.61 Å².